The zero-order valence-corrected chi connectivity index (χ0v) is 25.7. The third-order valence-corrected chi connectivity index (χ3v) is 13.7. The van der Waals surface area contributed by atoms with Gasteiger partial charge >= 0.3 is 0 Å². The largest absolute Gasteiger partial charge is 0.0726 e. The average Bonchev–Trinajstić information content (AvgIpc) is 3.37. The zero-order valence-electron chi connectivity index (χ0n) is 24.7. The third kappa shape index (κ3) is 3.77. The van der Waals surface area contributed by atoms with E-state index in [0.29, 0.717) is 11.1 Å². The Labute approximate surface area is 230 Å². The molecule has 194 valence electrons. The van der Waals surface area contributed by atoms with Gasteiger partial charge in [-0.1, -0.05) is 139 Å². The van der Waals surface area contributed by atoms with Crippen LogP contribution in [0.25, 0.3) is 28.0 Å². The van der Waals surface area contributed by atoms with Crippen LogP contribution >= 0.6 is 0 Å². The summed E-state index contributed by atoms with van der Waals surface area (Å²) < 4.78 is 0. The quantitative estimate of drug-likeness (QED) is 0.233. The van der Waals surface area contributed by atoms with E-state index in [1.807, 2.05) is 0 Å². The fourth-order valence-electron chi connectivity index (χ4n) is 7.43. The molecule has 4 aromatic rings. The van der Waals surface area contributed by atoms with Crippen LogP contribution in [0.2, 0.25) is 13.1 Å². The molecule has 0 saturated carbocycles. The smallest absolute Gasteiger partial charge is 0.0679 e. The Morgan fingerprint density at radius 2 is 1.16 bits per heavy atom. The lowest BCUT2D eigenvalue weighted by atomic mass is 9.85. The predicted molar refractivity (Wildman–Crippen MR) is 169 cm³/mol. The monoisotopic (exact) mass is 514 g/mol. The molecule has 6 rings (SSSR count). The van der Waals surface area contributed by atoms with E-state index < -0.39 is 8.07 Å². The lowest BCUT2D eigenvalue weighted by molar-refractivity contribution is 0.589. The Morgan fingerprint density at radius 1 is 0.605 bits per heavy atom. The van der Waals surface area contributed by atoms with Gasteiger partial charge < -0.3 is 0 Å². The van der Waals surface area contributed by atoms with Crippen LogP contribution in [0, 0.1) is 0 Å². The second kappa shape index (κ2) is 8.30. The van der Waals surface area contributed by atoms with Crippen molar-refractivity contribution in [3.63, 3.8) is 0 Å². The molecule has 0 amide bonds. The second-order valence-electron chi connectivity index (χ2n) is 14.5. The maximum absolute atomic E-state index is 2.66. The first-order valence-electron chi connectivity index (χ1n) is 14.3. The zero-order chi connectivity index (χ0) is 27.2. The molecule has 0 aliphatic heterocycles. The molecule has 0 spiro atoms. The molecular formula is C37H42Si. The highest BCUT2D eigenvalue weighted by molar-refractivity contribution is 6.82. The SMILES string of the molecule is CC1=Cc2c(ccc3ccccc23)C1[Si](C)(C)C1c2cc(C(C)(C)C)ccc2-c2ccc(C(C)(C)C)cc21. The van der Waals surface area contributed by atoms with Gasteiger partial charge in [0, 0.05) is 11.1 Å². The standard InChI is InChI=1S/C37H42Si/c1-23-20-31-27-13-11-10-12-24(27)14-17-30(31)34(23)38(8,9)35-32-21-25(36(2,3)4)15-18-28(32)29-19-16-26(22-33(29)35)37(5,6)7/h10-22,34-35H,1-9H3. The van der Waals surface area contributed by atoms with Crippen LogP contribution < -0.4 is 0 Å². The topological polar surface area (TPSA) is 0 Å². The second-order valence-corrected chi connectivity index (χ2v) is 19.3. The lowest BCUT2D eigenvalue weighted by Gasteiger charge is -2.39. The Kier molecular flexibility index (Phi) is 5.54. The highest BCUT2D eigenvalue weighted by Crippen LogP contribution is 2.56. The third-order valence-electron chi connectivity index (χ3n) is 9.38. The van der Waals surface area contributed by atoms with Gasteiger partial charge in [0.1, 0.15) is 0 Å². The highest BCUT2D eigenvalue weighted by atomic mass is 28.3. The summed E-state index contributed by atoms with van der Waals surface area (Å²) in [6.45, 7) is 21.8. The number of benzene rings is 4. The molecule has 0 radical (unpaired) electrons. The molecule has 1 unspecified atom stereocenters. The van der Waals surface area contributed by atoms with Gasteiger partial charge in [-0.3, -0.25) is 0 Å². The van der Waals surface area contributed by atoms with Crippen LogP contribution in [0.15, 0.2) is 78.4 Å². The maximum Gasteiger partial charge on any atom is 0.0726 e. The van der Waals surface area contributed by atoms with Crippen molar-refractivity contribution in [2.24, 2.45) is 0 Å². The van der Waals surface area contributed by atoms with E-state index >= 15 is 0 Å². The van der Waals surface area contributed by atoms with E-state index in [2.05, 4.69) is 140 Å². The molecule has 1 heteroatoms. The first-order chi connectivity index (χ1) is 17.8. The number of hydrogen-bond acceptors (Lipinski definition) is 0. The fraction of sp³-hybridized carbons (Fsp3) is 0.351. The Bertz CT molecular complexity index is 1550. The summed E-state index contributed by atoms with van der Waals surface area (Å²) >= 11 is 0. The number of fused-ring (bicyclic) bond motifs is 6. The maximum atomic E-state index is 2.66. The van der Waals surface area contributed by atoms with Gasteiger partial charge in [-0.2, -0.15) is 0 Å². The number of hydrogen-bond donors (Lipinski definition) is 0. The predicted octanol–water partition coefficient (Wildman–Crippen LogP) is 10.5. The summed E-state index contributed by atoms with van der Waals surface area (Å²) in [6.07, 6.45) is 2.50. The van der Waals surface area contributed by atoms with Gasteiger partial charge in [0.05, 0.1) is 8.07 Å². The Morgan fingerprint density at radius 3 is 1.71 bits per heavy atom. The Balaban J connectivity index is 1.58. The lowest BCUT2D eigenvalue weighted by Crippen LogP contribution is -2.42. The molecule has 0 aromatic heterocycles. The number of rotatable bonds is 2. The molecule has 0 saturated heterocycles. The molecule has 2 aliphatic rings. The van der Waals surface area contributed by atoms with Gasteiger partial charge in [0.25, 0.3) is 0 Å². The first kappa shape index (κ1) is 25.4. The van der Waals surface area contributed by atoms with Crippen LogP contribution in [0.5, 0.6) is 0 Å². The minimum Gasteiger partial charge on any atom is -0.0679 e. The van der Waals surface area contributed by atoms with Gasteiger partial charge in [-0.05, 0) is 73.0 Å². The molecule has 0 heterocycles. The van der Waals surface area contributed by atoms with E-state index in [-0.39, 0.29) is 10.8 Å². The molecule has 0 fully saturated rings. The number of allylic oxidation sites excluding steroid dienone is 1. The molecule has 4 aromatic carbocycles. The normalized spacial score (nSPS) is 17.4. The molecular weight excluding hydrogens is 472 g/mol. The summed E-state index contributed by atoms with van der Waals surface area (Å²) in [4.78, 5) is 0. The van der Waals surface area contributed by atoms with Gasteiger partial charge in [-0.25, -0.2) is 0 Å². The molecule has 1 atom stereocenters. The van der Waals surface area contributed by atoms with Crippen molar-refractivity contribution in [1.82, 2.24) is 0 Å². The van der Waals surface area contributed by atoms with Crippen molar-refractivity contribution < 1.29 is 0 Å². The van der Waals surface area contributed by atoms with Crippen molar-refractivity contribution in [3.05, 3.63) is 112 Å². The van der Waals surface area contributed by atoms with Crippen LogP contribution in [0.1, 0.15) is 92.9 Å². The van der Waals surface area contributed by atoms with Gasteiger partial charge in [0.2, 0.25) is 0 Å². The molecule has 38 heavy (non-hydrogen) atoms. The van der Waals surface area contributed by atoms with E-state index in [4.69, 9.17) is 0 Å². The van der Waals surface area contributed by atoms with Crippen LogP contribution in [-0.4, -0.2) is 8.07 Å². The van der Waals surface area contributed by atoms with E-state index in [1.54, 1.807) is 22.3 Å². The van der Waals surface area contributed by atoms with E-state index in [9.17, 15) is 0 Å². The van der Waals surface area contributed by atoms with E-state index in [0.717, 1.165) is 0 Å². The molecule has 0 nitrogen and oxygen atoms in total. The highest BCUT2D eigenvalue weighted by Gasteiger charge is 2.48. The van der Waals surface area contributed by atoms with Crippen LogP contribution in [0.4, 0.5) is 0 Å². The first-order valence-corrected chi connectivity index (χ1v) is 17.4. The van der Waals surface area contributed by atoms with Crippen LogP contribution in [0.3, 0.4) is 0 Å². The van der Waals surface area contributed by atoms with Crippen molar-refractivity contribution in [1.29, 1.82) is 0 Å². The summed E-state index contributed by atoms with van der Waals surface area (Å²) in [6, 6.07) is 28.4. The minimum atomic E-state index is -1.97. The Hall–Kier alpha value is -2.90. The van der Waals surface area contributed by atoms with Crippen molar-refractivity contribution >= 4 is 24.9 Å². The van der Waals surface area contributed by atoms with E-state index in [1.165, 1.54) is 38.6 Å². The van der Waals surface area contributed by atoms with Crippen LogP contribution in [-0.2, 0) is 10.8 Å². The minimum absolute atomic E-state index is 0.130. The van der Waals surface area contributed by atoms with Gasteiger partial charge in [-0.15, -0.1) is 0 Å². The van der Waals surface area contributed by atoms with Crippen molar-refractivity contribution in [3.8, 4) is 11.1 Å². The molecule has 2 aliphatic carbocycles. The van der Waals surface area contributed by atoms with Gasteiger partial charge in [0.15, 0.2) is 0 Å². The summed E-state index contributed by atoms with van der Waals surface area (Å²) in [5.74, 6) is 0. The molecule has 0 bridgehead atoms. The fourth-order valence-corrected chi connectivity index (χ4v) is 12.2. The summed E-state index contributed by atoms with van der Waals surface area (Å²) in [5, 5.41) is 2.74. The molecule has 0 N–H and O–H groups in total. The average molecular weight is 515 g/mol. The van der Waals surface area contributed by atoms with Crippen molar-refractivity contribution in [2.45, 2.75) is 83.5 Å². The summed E-state index contributed by atoms with van der Waals surface area (Å²) in [5.41, 5.74) is 14.7. The van der Waals surface area contributed by atoms with Crippen molar-refractivity contribution in [2.75, 3.05) is 0 Å². The summed E-state index contributed by atoms with van der Waals surface area (Å²) in [7, 11) is -1.97.